The summed E-state index contributed by atoms with van der Waals surface area (Å²) in [5.41, 5.74) is 6.02. The highest BCUT2D eigenvalue weighted by molar-refractivity contribution is 6.05. The number of likely N-dealkylation sites (tertiary alicyclic amines) is 1. The van der Waals surface area contributed by atoms with E-state index in [-0.39, 0.29) is 11.8 Å². The van der Waals surface area contributed by atoms with E-state index in [1.807, 2.05) is 49.5 Å². The number of aryl methyl sites for hydroxylation is 2. The molecule has 2 aromatic carbocycles. The Kier molecular flexibility index (Phi) is 6.60. The summed E-state index contributed by atoms with van der Waals surface area (Å²) < 4.78 is 1.79. The maximum atomic E-state index is 13.2. The van der Waals surface area contributed by atoms with Gasteiger partial charge in [-0.15, -0.1) is 0 Å². The molecule has 0 bridgehead atoms. The summed E-state index contributed by atoms with van der Waals surface area (Å²) in [4.78, 5) is 32.3. The van der Waals surface area contributed by atoms with Gasteiger partial charge in [0.25, 0.3) is 11.8 Å². The SMILES string of the molecule is Cc1ccc(C(=O)N2CC(c3ccc(-c4cnn(C)c4)cc3)C2)cc1NC(=O)c1ccc(NC2CCC2)nc1. The molecule has 6 rings (SSSR count). The van der Waals surface area contributed by atoms with Gasteiger partial charge in [-0.25, -0.2) is 4.98 Å². The van der Waals surface area contributed by atoms with E-state index >= 15 is 0 Å². The molecule has 4 aromatic rings. The first-order chi connectivity index (χ1) is 18.9. The van der Waals surface area contributed by atoms with E-state index in [9.17, 15) is 9.59 Å². The highest BCUT2D eigenvalue weighted by atomic mass is 16.2. The minimum atomic E-state index is -0.246. The number of amides is 2. The molecule has 2 aliphatic rings. The zero-order valence-electron chi connectivity index (χ0n) is 22.2. The Morgan fingerprint density at radius 2 is 1.69 bits per heavy atom. The summed E-state index contributed by atoms with van der Waals surface area (Å²) in [7, 11) is 1.91. The Balaban J connectivity index is 1.06. The van der Waals surface area contributed by atoms with Gasteiger partial charge in [0, 0.05) is 61.3 Å². The van der Waals surface area contributed by atoms with E-state index in [0.29, 0.717) is 41.9 Å². The number of benzene rings is 2. The van der Waals surface area contributed by atoms with E-state index < -0.39 is 0 Å². The molecule has 0 atom stereocenters. The number of anilines is 2. The van der Waals surface area contributed by atoms with Crippen LogP contribution in [0.4, 0.5) is 11.5 Å². The second-order valence-electron chi connectivity index (χ2n) is 10.6. The minimum absolute atomic E-state index is 0.0261. The van der Waals surface area contributed by atoms with Gasteiger partial charge >= 0.3 is 0 Å². The lowest BCUT2D eigenvalue weighted by Crippen LogP contribution is -2.48. The number of rotatable bonds is 7. The number of hydrogen-bond donors (Lipinski definition) is 2. The number of carbonyl (C=O) groups is 2. The standard InChI is InChI=1S/C31H32N6O2/c1-20-6-7-23(14-28(20)35-30(38)24-12-13-29(32-15-24)34-27-4-3-5-27)31(39)37-18-26(19-37)22-10-8-21(9-11-22)25-16-33-36(2)17-25/h6-17,26-27H,3-5,18-19H2,1-2H3,(H,32,34)(H,35,38). The summed E-state index contributed by atoms with van der Waals surface area (Å²) in [6, 6.07) is 18.1. The zero-order chi connectivity index (χ0) is 26.9. The maximum absolute atomic E-state index is 13.2. The molecule has 0 radical (unpaired) electrons. The number of carbonyl (C=O) groups excluding carboxylic acids is 2. The minimum Gasteiger partial charge on any atom is -0.367 e. The number of pyridine rings is 1. The van der Waals surface area contributed by atoms with Crippen LogP contribution >= 0.6 is 0 Å². The van der Waals surface area contributed by atoms with Crippen molar-refractivity contribution in [2.45, 2.75) is 38.1 Å². The van der Waals surface area contributed by atoms with Crippen LogP contribution in [0.15, 0.2) is 73.2 Å². The van der Waals surface area contributed by atoms with Crippen molar-refractivity contribution in [3.8, 4) is 11.1 Å². The van der Waals surface area contributed by atoms with Gasteiger partial charge in [0.15, 0.2) is 0 Å². The topological polar surface area (TPSA) is 92.2 Å². The van der Waals surface area contributed by atoms with Crippen molar-refractivity contribution >= 4 is 23.3 Å². The summed E-state index contributed by atoms with van der Waals surface area (Å²) in [5, 5.41) is 10.6. The molecule has 8 nitrogen and oxygen atoms in total. The predicted octanol–water partition coefficient (Wildman–Crippen LogP) is 5.25. The van der Waals surface area contributed by atoms with Gasteiger partial charge in [-0.3, -0.25) is 14.3 Å². The van der Waals surface area contributed by atoms with Crippen LogP contribution in [0.5, 0.6) is 0 Å². The van der Waals surface area contributed by atoms with Gasteiger partial charge in [0.1, 0.15) is 5.82 Å². The van der Waals surface area contributed by atoms with E-state index in [4.69, 9.17) is 0 Å². The highest BCUT2D eigenvalue weighted by Crippen LogP contribution is 2.31. The highest BCUT2D eigenvalue weighted by Gasteiger charge is 2.32. The summed E-state index contributed by atoms with van der Waals surface area (Å²) in [6.07, 6.45) is 9.02. The largest absolute Gasteiger partial charge is 0.367 e. The number of hydrogen-bond acceptors (Lipinski definition) is 5. The Morgan fingerprint density at radius 1 is 0.923 bits per heavy atom. The molecule has 3 heterocycles. The van der Waals surface area contributed by atoms with Crippen molar-refractivity contribution < 1.29 is 9.59 Å². The van der Waals surface area contributed by atoms with Crippen molar-refractivity contribution in [2.24, 2.45) is 7.05 Å². The first kappa shape index (κ1) is 24.9. The number of nitrogens with zero attached hydrogens (tertiary/aromatic N) is 4. The van der Waals surface area contributed by atoms with Crippen molar-refractivity contribution in [2.75, 3.05) is 23.7 Å². The molecular weight excluding hydrogens is 488 g/mol. The quantitative estimate of drug-likeness (QED) is 0.347. The summed E-state index contributed by atoms with van der Waals surface area (Å²) >= 11 is 0. The third kappa shape index (κ3) is 5.27. The first-order valence-electron chi connectivity index (χ1n) is 13.5. The monoisotopic (exact) mass is 520 g/mol. The molecule has 0 spiro atoms. The van der Waals surface area contributed by atoms with Crippen LogP contribution in [0.1, 0.15) is 57.0 Å². The van der Waals surface area contributed by atoms with Crippen LogP contribution in [-0.4, -0.2) is 50.6 Å². The molecule has 2 fully saturated rings. The third-order valence-corrected chi connectivity index (χ3v) is 7.80. The van der Waals surface area contributed by atoms with Crippen molar-refractivity contribution in [1.29, 1.82) is 0 Å². The molecule has 2 aromatic heterocycles. The molecule has 2 N–H and O–H groups in total. The Labute approximate surface area is 228 Å². The van der Waals surface area contributed by atoms with E-state index in [1.165, 1.54) is 12.0 Å². The molecule has 39 heavy (non-hydrogen) atoms. The molecule has 0 unspecified atom stereocenters. The van der Waals surface area contributed by atoms with Crippen LogP contribution in [0.3, 0.4) is 0 Å². The Hall–Kier alpha value is -4.46. The van der Waals surface area contributed by atoms with Gasteiger partial charge in [0.05, 0.1) is 11.8 Å². The average Bonchev–Trinajstić information content (AvgIpc) is 3.33. The lowest BCUT2D eigenvalue weighted by Gasteiger charge is -2.39. The van der Waals surface area contributed by atoms with E-state index in [1.54, 1.807) is 23.0 Å². The van der Waals surface area contributed by atoms with Gasteiger partial charge in [-0.2, -0.15) is 5.10 Å². The lowest BCUT2D eigenvalue weighted by molar-refractivity contribution is 0.0602. The molecule has 198 valence electrons. The smallest absolute Gasteiger partial charge is 0.257 e. The third-order valence-electron chi connectivity index (χ3n) is 7.80. The van der Waals surface area contributed by atoms with E-state index in [0.717, 1.165) is 35.3 Å². The lowest BCUT2D eigenvalue weighted by atomic mass is 9.90. The molecule has 2 amide bonds. The average molecular weight is 521 g/mol. The van der Waals surface area contributed by atoms with Gasteiger partial charge in [-0.05, 0) is 67.1 Å². The van der Waals surface area contributed by atoms with Crippen LogP contribution in [0.2, 0.25) is 0 Å². The fourth-order valence-electron chi connectivity index (χ4n) is 5.02. The molecular formula is C31H32N6O2. The molecule has 1 saturated carbocycles. The van der Waals surface area contributed by atoms with Crippen LogP contribution < -0.4 is 10.6 Å². The van der Waals surface area contributed by atoms with Crippen LogP contribution in [0.25, 0.3) is 11.1 Å². The van der Waals surface area contributed by atoms with Gasteiger partial charge in [-0.1, -0.05) is 30.3 Å². The first-order valence-corrected chi connectivity index (χ1v) is 13.5. The van der Waals surface area contributed by atoms with Crippen LogP contribution in [-0.2, 0) is 7.05 Å². The fraction of sp³-hybridized carbons (Fsp3) is 0.290. The van der Waals surface area contributed by atoms with Crippen molar-refractivity contribution in [3.63, 3.8) is 0 Å². The Bertz CT molecular complexity index is 1500. The van der Waals surface area contributed by atoms with Crippen molar-refractivity contribution in [3.05, 3.63) is 95.4 Å². The summed E-state index contributed by atoms with van der Waals surface area (Å²) in [5.74, 6) is 0.832. The zero-order valence-corrected chi connectivity index (χ0v) is 22.2. The van der Waals surface area contributed by atoms with Gasteiger partial charge < -0.3 is 15.5 Å². The molecule has 1 aliphatic heterocycles. The maximum Gasteiger partial charge on any atom is 0.257 e. The van der Waals surface area contributed by atoms with E-state index in [2.05, 4.69) is 45.0 Å². The normalized spacial score (nSPS) is 15.4. The Morgan fingerprint density at radius 3 is 2.33 bits per heavy atom. The van der Waals surface area contributed by atoms with Crippen LogP contribution in [0, 0.1) is 6.92 Å². The van der Waals surface area contributed by atoms with Crippen molar-refractivity contribution in [1.82, 2.24) is 19.7 Å². The number of aromatic nitrogens is 3. The summed E-state index contributed by atoms with van der Waals surface area (Å²) in [6.45, 7) is 3.27. The predicted molar refractivity (Wildman–Crippen MR) is 152 cm³/mol. The second kappa shape index (κ2) is 10.4. The molecule has 1 aliphatic carbocycles. The number of nitrogens with one attached hydrogen (secondary N) is 2. The molecule has 8 heteroatoms. The van der Waals surface area contributed by atoms with Gasteiger partial charge in [0.2, 0.25) is 0 Å². The fourth-order valence-corrected chi connectivity index (χ4v) is 5.02. The molecule has 1 saturated heterocycles. The second-order valence-corrected chi connectivity index (χ2v) is 10.6.